The molecule has 0 amide bonds. The standard InChI is InChI=1S/C31H38O7/c1-19(21-14-11-15-22(16-21)26(32)20-12-9-8-10-13-20)27(33)36-23-17-24(28(34)37-30(2,3)4)25(18-23)29(35)38-31(5,6)7/h8-16,19,23-25H,17-18H2,1-7H3/t19-,23?,24-,25?/m1/s1. The lowest BCUT2D eigenvalue weighted by molar-refractivity contribution is -0.171. The van der Waals surface area contributed by atoms with Crippen molar-refractivity contribution in [1.82, 2.24) is 0 Å². The summed E-state index contributed by atoms with van der Waals surface area (Å²) in [7, 11) is 0. The molecule has 4 atom stereocenters. The highest BCUT2D eigenvalue weighted by Gasteiger charge is 2.47. The summed E-state index contributed by atoms with van der Waals surface area (Å²) in [6.45, 7) is 12.3. The second-order valence-corrected chi connectivity index (χ2v) is 11.9. The van der Waals surface area contributed by atoms with E-state index in [1.54, 1.807) is 97.0 Å². The van der Waals surface area contributed by atoms with E-state index < -0.39 is 53.0 Å². The van der Waals surface area contributed by atoms with Crippen molar-refractivity contribution in [2.24, 2.45) is 11.8 Å². The molecule has 0 N–H and O–H groups in total. The molecule has 0 aliphatic heterocycles. The molecule has 0 heterocycles. The average Bonchev–Trinajstić information content (AvgIpc) is 3.26. The maximum atomic E-state index is 13.1. The van der Waals surface area contributed by atoms with Gasteiger partial charge in [0, 0.05) is 11.1 Å². The van der Waals surface area contributed by atoms with Gasteiger partial charge in [-0.15, -0.1) is 0 Å². The molecule has 204 valence electrons. The third kappa shape index (κ3) is 7.76. The summed E-state index contributed by atoms with van der Waals surface area (Å²) in [5.74, 6) is -3.84. The molecule has 2 unspecified atom stereocenters. The number of rotatable bonds is 7. The minimum atomic E-state index is -0.774. The van der Waals surface area contributed by atoms with Gasteiger partial charge in [0.15, 0.2) is 5.78 Å². The Morgan fingerprint density at radius 1 is 0.737 bits per heavy atom. The number of hydrogen-bond donors (Lipinski definition) is 0. The van der Waals surface area contributed by atoms with E-state index in [9.17, 15) is 19.2 Å². The van der Waals surface area contributed by atoms with Gasteiger partial charge in [-0.25, -0.2) is 0 Å². The number of esters is 3. The fourth-order valence-corrected chi connectivity index (χ4v) is 4.47. The van der Waals surface area contributed by atoms with Crippen LogP contribution in [0.1, 0.15) is 88.7 Å². The van der Waals surface area contributed by atoms with Gasteiger partial charge in [-0.05, 0) is 72.9 Å². The molecule has 0 aromatic heterocycles. The van der Waals surface area contributed by atoms with Crippen molar-refractivity contribution in [3.63, 3.8) is 0 Å². The number of hydrogen-bond acceptors (Lipinski definition) is 7. The molecule has 2 aromatic rings. The lowest BCUT2D eigenvalue weighted by Gasteiger charge is -2.26. The fraction of sp³-hybridized carbons (Fsp3) is 0.484. The van der Waals surface area contributed by atoms with Crippen LogP contribution in [0.3, 0.4) is 0 Å². The molecule has 0 bridgehead atoms. The van der Waals surface area contributed by atoms with E-state index >= 15 is 0 Å². The van der Waals surface area contributed by atoms with Crippen LogP contribution < -0.4 is 0 Å². The molecule has 1 aliphatic carbocycles. The monoisotopic (exact) mass is 522 g/mol. The highest BCUT2D eigenvalue weighted by molar-refractivity contribution is 6.09. The van der Waals surface area contributed by atoms with Crippen LogP contribution in [-0.4, -0.2) is 41.0 Å². The summed E-state index contributed by atoms with van der Waals surface area (Å²) < 4.78 is 16.9. The van der Waals surface area contributed by atoms with Gasteiger partial charge in [-0.1, -0.05) is 48.5 Å². The normalized spacial score (nSPS) is 20.3. The van der Waals surface area contributed by atoms with Crippen molar-refractivity contribution in [1.29, 1.82) is 0 Å². The van der Waals surface area contributed by atoms with Crippen LogP contribution in [-0.2, 0) is 28.6 Å². The van der Waals surface area contributed by atoms with Crippen LogP contribution in [0.5, 0.6) is 0 Å². The molecule has 0 saturated heterocycles. The van der Waals surface area contributed by atoms with Gasteiger partial charge < -0.3 is 14.2 Å². The lowest BCUT2D eigenvalue weighted by Crippen LogP contribution is -2.36. The van der Waals surface area contributed by atoms with Gasteiger partial charge in [0.25, 0.3) is 0 Å². The summed E-state index contributed by atoms with van der Waals surface area (Å²) in [5, 5.41) is 0. The van der Waals surface area contributed by atoms with E-state index in [1.807, 2.05) is 6.07 Å². The zero-order valence-corrected chi connectivity index (χ0v) is 23.3. The summed E-state index contributed by atoms with van der Waals surface area (Å²) in [6.07, 6.45) is -0.303. The second kappa shape index (κ2) is 11.5. The first kappa shape index (κ1) is 29.1. The Morgan fingerprint density at radius 3 is 1.74 bits per heavy atom. The summed E-state index contributed by atoms with van der Waals surface area (Å²) in [6, 6.07) is 15.9. The fourth-order valence-electron chi connectivity index (χ4n) is 4.47. The molecule has 2 aromatic carbocycles. The van der Waals surface area contributed by atoms with Gasteiger partial charge >= 0.3 is 17.9 Å². The maximum absolute atomic E-state index is 13.1. The number of carbonyl (C=O) groups excluding carboxylic acids is 4. The highest BCUT2D eigenvalue weighted by atomic mass is 16.6. The molecule has 1 saturated carbocycles. The smallest absolute Gasteiger partial charge is 0.313 e. The minimum Gasteiger partial charge on any atom is -0.462 e. The Kier molecular flexibility index (Phi) is 8.80. The van der Waals surface area contributed by atoms with Crippen LogP contribution >= 0.6 is 0 Å². The molecule has 1 aliphatic rings. The molecule has 38 heavy (non-hydrogen) atoms. The number of carbonyl (C=O) groups is 4. The van der Waals surface area contributed by atoms with Crippen LogP contribution in [0, 0.1) is 11.8 Å². The third-order valence-corrected chi connectivity index (χ3v) is 6.26. The van der Waals surface area contributed by atoms with E-state index in [2.05, 4.69) is 0 Å². The molecular weight excluding hydrogens is 484 g/mol. The molecule has 0 radical (unpaired) electrons. The van der Waals surface area contributed by atoms with Crippen molar-refractivity contribution >= 4 is 23.7 Å². The van der Waals surface area contributed by atoms with Crippen LogP contribution in [0.4, 0.5) is 0 Å². The SMILES string of the molecule is C[C@@H](C(=O)OC1CC(C(=O)OC(C)(C)C)[C@H](C(=O)OC(C)(C)C)C1)c1cccc(C(=O)c2ccccc2)c1. The predicted octanol–water partition coefficient (Wildman–Crippen LogP) is 5.64. The van der Waals surface area contributed by atoms with Crippen molar-refractivity contribution in [2.75, 3.05) is 0 Å². The zero-order valence-electron chi connectivity index (χ0n) is 23.3. The van der Waals surface area contributed by atoms with Crippen molar-refractivity contribution in [2.45, 2.75) is 84.5 Å². The van der Waals surface area contributed by atoms with Gasteiger partial charge in [-0.2, -0.15) is 0 Å². The van der Waals surface area contributed by atoms with Crippen LogP contribution in [0.25, 0.3) is 0 Å². The second-order valence-electron chi connectivity index (χ2n) is 11.9. The molecule has 3 rings (SSSR count). The van der Waals surface area contributed by atoms with E-state index in [-0.39, 0.29) is 18.6 Å². The first-order valence-corrected chi connectivity index (χ1v) is 13.0. The van der Waals surface area contributed by atoms with Gasteiger partial charge in [0.2, 0.25) is 0 Å². The Labute approximate surface area is 224 Å². The van der Waals surface area contributed by atoms with E-state index in [0.717, 1.165) is 0 Å². The Morgan fingerprint density at radius 2 is 1.24 bits per heavy atom. The third-order valence-electron chi connectivity index (χ3n) is 6.26. The van der Waals surface area contributed by atoms with Gasteiger partial charge in [-0.3, -0.25) is 19.2 Å². The quantitative estimate of drug-likeness (QED) is 0.264. The molecular formula is C31H38O7. The maximum Gasteiger partial charge on any atom is 0.313 e. The van der Waals surface area contributed by atoms with E-state index in [4.69, 9.17) is 14.2 Å². The Balaban J connectivity index is 1.73. The van der Waals surface area contributed by atoms with Crippen LogP contribution in [0.15, 0.2) is 54.6 Å². The summed E-state index contributed by atoms with van der Waals surface area (Å²) >= 11 is 0. The molecule has 7 nitrogen and oxygen atoms in total. The van der Waals surface area contributed by atoms with Gasteiger partial charge in [0.1, 0.15) is 17.3 Å². The largest absolute Gasteiger partial charge is 0.462 e. The minimum absolute atomic E-state index is 0.135. The van der Waals surface area contributed by atoms with Crippen molar-refractivity contribution in [3.05, 3.63) is 71.3 Å². The Bertz CT molecular complexity index is 1130. The summed E-state index contributed by atoms with van der Waals surface area (Å²) in [4.78, 5) is 51.9. The lowest BCUT2D eigenvalue weighted by atomic mass is 9.95. The number of benzene rings is 2. The number of ether oxygens (including phenoxy) is 3. The first-order chi connectivity index (χ1) is 17.6. The molecule has 1 fully saturated rings. The van der Waals surface area contributed by atoms with Crippen LogP contribution in [0.2, 0.25) is 0 Å². The topological polar surface area (TPSA) is 96.0 Å². The Hall–Kier alpha value is -3.48. The predicted molar refractivity (Wildman–Crippen MR) is 143 cm³/mol. The summed E-state index contributed by atoms with van der Waals surface area (Å²) in [5.41, 5.74) is 0.237. The number of ketones is 1. The first-order valence-electron chi connectivity index (χ1n) is 13.0. The van der Waals surface area contributed by atoms with E-state index in [0.29, 0.717) is 16.7 Å². The van der Waals surface area contributed by atoms with Crippen molar-refractivity contribution in [3.8, 4) is 0 Å². The molecule has 0 spiro atoms. The average molecular weight is 523 g/mol. The molecule has 7 heteroatoms. The van der Waals surface area contributed by atoms with E-state index in [1.165, 1.54) is 0 Å². The van der Waals surface area contributed by atoms with Crippen molar-refractivity contribution < 1.29 is 33.4 Å². The highest BCUT2D eigenvalue weighted by Crippen LogP contribution is 2.38. The van der Waals surface area contributed by atoms with Gasteiger partial charge in [0.05, 0.1) is 17.8 Å². The zero-order chi connectivity index (χ0) is 28.3.